The van der Waals surface area contributed by atoms with Crippen LogP contribution in [0.2, 0.25) is 0 Å². The van der Waals surface area contributed by atoms with Gasteiger partial charge < -0.3 is 10.4 Å². The minimum absolute atomic E-state index is 0.154. The predicted molar refractivity (Wildman–Crippen MR) is 70.0 cm³/mol. The summed E-state index contributed by atoms with van der Waals surface area (Å²) in [5.41, 5.74) is -0.818. The van der Waals surface area contributed by atoms with Crippen LogP contribution < -0.4 is 5.32 Å². The first-order chi connectivity index (χ1) is 8.29. The normalized spacial score (nSPS) is 28.7. The smallest absolute Gasteiger partial charge is 0.309 e. The van der Waals surface area contributed by atoms with Crippen molar-refractivity contribution >= 4 is 5.97 Å². The Hall–Kier alpha value is -1.08. The quantitative estimate of drug-likeness (QED) is 0.788. The van der Waals surface area contributed by atoms with E-state index in [9.17, 15) is 4.79 Å². The van der Waals surface area contributed by atoms with E-state index >= 15 is 0 Å². The third-order valence-corrected chi connectivity index (χ3v) is 4.12. The van der Waals surface area contributed by atoms with Crippen molar-refractivity contribution in [3.63, 3.8) is 0 Å². The van der Waals surface area contributed by atoms with Gasteiger partial charge in [-0.1, -0.05) is 0 Å². The molecule has 0 unspecified atom stereocenters. The number of nitriles is 1. The lowest BCUT2D eigenvalue weighted by Crippen LogP contribution is -2.38. The van der Waals surface area contributed by atoms with Gasteiger partial charge in [0, 0.05) is 6.04 Å². The Morgan fingerprint density at radius 2 is 2.06 bits per heavy atom. The molecule has 0 spiro atoms. The van der Waals surface area contributed by atoms with E-state index in [1.807, 2.05) is 6.92 Å². The van der Waals surface area contributed by atoms with Crippen LogP contribution in [-0.2, 0) is 4.79 Å². The summed E-state index contributed by atoms with van der Waals surface area (Å²) in [6, 6.07) is 2.83. The number of hydrogen-bond acceptors (Lipinski definition) is 3. The highest BCUT2D eigenvalue weighted by atomic mass is 16.4. The van der Waals surface area contributed by atoms with Gasteiger partial charge in [-0.3, -0.25) is 4.79 Å². The highest BCUT2D eigenvalue weighted by Gasteiger charge is 2.31. The molecule has 1 aliphatic rings. The second-order valence-corrected chi connectivity index (χ2v) is 6.34. The van der Waals surface area contributed by atoms with Crippen molar-refractivity contribution in [2.75, 3.05) is 6.54 Å². The number of carboxylic acids is 1. The highest BCUT2D eigenvalue weighted by Crippen LogP contribution is 2.35. The summed E-state index contributed by atoms with van der Waals surface area (Å²) in [6.07, 6.45) is 4.52. The van der Waals surface area contributed by atoms with Gasteiger partial charge in [0.25, 0.3) is 0 Å². The second-order valence-electron chi connectivity index (χ2n) is 6.34. The van der Waals surface area contributed by atoms with Crippen LogP contribution in [0.3, 0.4) is 0 Å². The number of aliphatic carboxylic acids is 1. The first-order valence-electron chi connectivity index (χ1n) is 6.67. The van der Waals surface area contributed by atoms with Crippen LogP contribution in [0.4, 0.5) is 0 Å². The average Bonchev–Trinajstić information content (AvgIpc) is 2.31. The molecular weight excluding hydrogens is 228 g/mol. The lowest BCUT2D eigenvalue weighted by atomic mass is 9.75. The Morgan fingerprint density at radius 3 is 2.50 bits per heavy atom. The summed E-state index contributed by atoms with van der Waals surface area (Å²) in [5.74, 6) is -0.745. The number of carbonyl (C=O) groups is 1. The summed E-state index contributed by atoms with van der Waals surface area (Å²) >= 11 is 0. The lowest BCUT2D eigenvalue weighted by Gasteiger charge is -2.33. The number of hydrogen-bond donors (Lipinski definition) is 2. The van der Waals surface area contributed by atoms with Crippen LogP contribution in [0.5, 0.6) is 0 Å². The number of nitrogens with zero attached hydrogens (tertiary/aromatic N) is 1. The molecule has 0 radical (unpaired) electrons. The molecule has 1 fully saturated rings. The van der Waals surface area contributed by atoms with Gasteiger partial charge in [-0.05, 0) is 59.4 Å². The van der Waals surface area contributed by atoms with Crippen LogP contribution in [0.1, 0.15) is 52.9 Å². The molecule has 4 heteroatoms. The van der Waals surface area contributed by atoms with Crippen molar-refractivity contribution in [2.24, 2.45) is 10.8 Å². The zero-order valence-corrected chi connectivity index (χ0v) is 11.6. The molecule has 1 saturated carbocycles. The maximum absolute atomic E-state index is 11.0. The van der Waals surface area contributed by atoms with Crippen LogP contribution in [0.15, 0.2) is 0 Å². The molecule has 0 aromatic heterocycles. The minimum atomic E-state index is -0.745. The van der Waals surface area contributed by atoms with Crippen molar-refractivity contribution in [2.45, 2.75) is 58.9 Å². The van der Waals surface area contributed by atoms with Crippen molar-refractivity contribution in [1.82, 2.24) is 5.32 Å². The van der Waals surface area contributed by atoms with E-state index in [0.29, 0.717) is 12.5 Å². The SMILES string of the molecule is CC1(C#N)CCC(NCCC(C)(C)C(=O)O)CC1. The zero-order valence-electron chi connectivity index (χ0n) is 11.6. The molecule has 1 aliphatic carbocycles. The van der Waals surface area contributed by atoms with Gasteiger partial charge in [0.05, 0.1) is 16.9 Å². The summed E-state index contributed by atoms with van der Waals surface area (Å²) in [5, 5.41) is 21.5. The highest BCUT2D eigenvalue weighted by molar-refractivity contribution is 5.73. The molecule has 4 nitrogen and oxygen atoms in total. The average molecular weight is 252 g/mol. The van der Waals surface area contributed by atoms with E-state index < -0.39 is 11.4 Å². The molecule has 0 amide bonds. The van der Waals surface area contributed by atoms with E-state index in [4.69, 9.17) is 10.4 Å². The van der Waals surface area contributed by atoms with Gasteiger partial charge in [-0.2, -0.15) is 5.26 Å². The van der Waals surface area contributed by atoms with Crippen molar-refractivity contribution in [3.8, 4) is 6.07 Å². The fraction of sp³-hybridized carbons (Fsp3) is 0.857. The maximum Gasteiger partial charge on any atom is 0.309 e. The fourth-order valence-corrected chi connectivity index (χ4v) is 2.27. The van der Waals surface area contributed by atoms with E-state index in [1.165, 1.54) is 0 Å². The Labute approximate surface area is 109 Å². The standard InChI is InChI=1S/C14H24N2O2/c1-13(2,12(17)18)8-9-16-11-4-6-14(3,10-15)7-5-11/h11,16H,4-9H2,1-3H3,(H,17,18). The van der Waals surface area contributed by atoms with Crippen molar-refractivity contribution in [1.29, 1.82) is 5.26 Å². The summed E-state index contributed by atoms with van der Waals surface area (Å²) < 4.78 is 0. The molecule has 0 atom stereocenters. The summed E-state index contributed by atoms with van der Waals surface area (Å²) in [4.78, 5) is 11.0. The Balaban J connectivity index is 2.27. The largest absolute Gasteiger partial charge is 0.481 e. The van der Waals surface area contributed by atoms with Gasteiger partial charge in [0.1, 0.15) is 0 Å². The molecule has 0 saturated heterocycles. The second kappa shape index (κ2) is 5.71. The Morgan fingerprint density at radius 1 is 1.50 bits per heavy atom. The monoisotopic (exact) mass is 252 g/mol. The Kier molecular flexibility index (Phi) is 4.75. The molecule has 18 heavy (non-hydrogen) atoms. The van der Waals surface area contributed by atoms with Crippen LogP contribution in [0, 0.1) is 22.2 Å². The van der Waals surface area contributed by atoms with Crippen LogP contribution in [0.25, 0.3) is 0 Å². The molecular formula is C14H24N2O2. The Bertz CT molecular complexity index is 336. The maximum atomic E-state index is 11.0. The van der Waals surface area contributed by atoms with Gasteiger partial charge in [-0.25, -0.2) is 0 Å². The molecule has 0 aromatic carbocycles. The minimum Gasteiger partial charge on any atom is -0.481 e. The predicted octanol–water partition coefficient (Wildman–Crippen LogP) is 2.55. The fourth-order valence-electron chi connectivity index (χ4n) is 2.27. The topological polar surface area (TPSA) is 73.1 Å². The molecule has 1 rings (SSSR count). The van der Waals surface area contributed by atoms with E-state index in [1.54, 1.807) is 13.8 Å². The molecule has 0 heterocycles. The molecule has 0 bridgehead atoms. The number of nitrogens with one attached hydrogen (secondary N) is 1. The van der Waals surface area contributed by atoms with E-state index in [2.05, 4.69) is 11.4 Å². The van der Waals surface area contributed by atoms with E-state index in [0.717, 1.165) is 32.2 Å². The molecule has 2 N–H and O–H groups in total. The van der Waals surface area contributed by atoms with Crippen molar-refractivity contribution in [3.05, 3.63) is 0 Å². The zero-order chi connectivity index (χ0) is 13.8. The number of carboxylic acid groups (broad SMARTS) is 1. The number of rotatable bonds is 5. The molecule has 102 valence electrons. The van der Waals surface area contributed by atoms with Gasteiger partial charge >= 0.3 is 5.97 Å². The first-order valence-corrected chi connectivity index (χ1v) is 6.67. The molecule has 0 aromatic rings. The van der Waals surface area contributed by atoms with Crippen LogP contribution in [-0.4, -0.2) is 23.7 Å². The first kappa shape index (κ1) is 15.0. The summed E-state index contributed by atoms with van der Waals surface area (Å²) in [6.45, 7) is 6.26. The van der Waals surface area contributed by atoms with Crippen molar-refractivity contribution < 1.29 is 9.90 Å². The van der Waals surface area contributed by atoms with Gasteiger partial charge in [-0.15, -0.1) is 0 Å². The lowest BCUT2D eigenvalue weighted by molar-refractivity contribution is -0.147. The van der Waals surface area contributed by atoms with Gasteiger partial charge in [0.15, 0.2) is 0 Å². The van der Waals surface area contributed by atoms with Gasteiger partial charge in [0.2, 0.25) is 0 Å². The summed E-state index contributed by atoms with van der Waals surface area (Å²) in [7, 11) is 0. The molecule has 0 aliphatic heterocycles. The van der Waals surface area contributed by atoms with E-state index in [-0.39, 0.29) is 5.41 Å². The third-order valence-electron chi connectivity index (χ3n) is 4.12. The van der Waals surface area contributed by atoms with Crippen LogP contribution >= 0.6 is 0 Å². The third kappa shape index (κ3) is 3.99.